The zero-order valence-corrected chi connectivity index (χ0v) is 14.2. The number of nitrogens with zero attached hydrogens (tertiary/aromatic N) is 1. The van der Waals surface area contributed by atoms with Gasteiger partial charge in [0.1, 0.15) is 0 Å². The quantitative estimate of drug-likeness (QED) is 0.593. The Bertz CT molecular complexity index is 467. The van der Waals surface area contributed by atoms with Crippen molar-refractivity contribution in [3.05, 3.63) is 35.4 Å². The number of ketones is 1. The van der Waals surface area contributed by atoms with Crippen LogP contribution in [0.5, 0.6) is 0 Å². The van der Waals surface area contributed by atoms with Gasteiger partial charge < -0.3 is 4.74 Å². The summed E-state index contributed by atoms with van der Waals surface area (Å²) in [4.78, 5) is 14.6. The van der Waals surface area contributed by atoms with Gasteiger partial charge in [-0.3, -0.25) is 9.69 Å². The van der Waals surface area contributed by atoms with E-state index in [-0.39, 0.29) is 11.2 Å². The van der Waals surface area contributed by atoms with E-state index in [0.29, 0.717) is 6.42 Å². The number of benzene rings is 1. The highest BCUT2D eigenvalue weighted by Gasteiger charge is 2.14. The standard InChI is InChI=1S/C19H29NO2/c1-19(2,3)17-9-7-16(8-10-17)18(21)6-4-5-11-20-12-14-22-15-13-20/h7-10H,4-6,11-15H2,1-3H3. The third-order valence-electron chi connectivity index (χ3n) is 4.30. The van der Waals surface area contributed by atoms with Crippen molar-refractivity contribution in [3.63, 3.8) is 0 Å². The first-order chi connectivity index (χ1) is 10.5. The van der Waals surface area contributed by atoms with Crippen LogP contribution < -0.4 is 0 Å². The Morgan fingerprint density at radius 2 is 1.73 bits per heavy atom. The van der Waals surface area contributed by atoms with Gasteiger partial charge in [-0.05, 0) is 30.4 Å². The van der Waals surface area contributed by atoms with Crippen LogP contribution in [0.4, 0.5) is 0 Å². The molecule has 0 aliphatic carbocycles. The lowest BCUT2D eigenvalue weighted by Gasteiger charge is -2.26. The highest BCUT2D eigenvalue weighted by atomic mass is 16.5. The zero-order valence-electron chi connectivity index (χ0n) is 14.2. The smallest absolute Gasteiger partial charge is 0.162 e. The van der Waals surface area contributed by atoms with E-state index in [1.165, 1.54) is 5.56 Å². The van der Waals surface area contributed by atoms with Gasteiger partial charge in [0.05, 0.1) is 13.2 Å². The molecule has 1 aliphatic rings. The Hall–Kier alpha value is -1.19. The summed E-state index contributed by atoms with van der Waals surface area (Å²) in [6, 6.07) is 8.12. The van der Waals surface area contributed by atoms with Gasteiger partial charge >= 0.3 is 0 Å². The summed E-state index contributed by atoms with van der Waals surface area (Å²) in [7, 11) is 0. The Morgan fingerprint density at radius 3 is 2.32 bits per heavy atom. The largest absolute Gasteiger partial charge is 0.379 e. The summed E-state index contributed by atoms with van der Waals surface area (Å²) in [5, 5.41) is 0. The fourth-order valence-corrected chi connectivity index (χ4v) is 2.75. The van der Waals surface area contributed by atoms with Crippen LogP contribution in [0.2, 0.25) is 0 Å². The maximum absolute atomic E-state index is 12.2. The second-order valence-electron chi connectivity index (χ2n) is 7.16. The first-order valence-corrected chi connectivity index (χ1v) is 8.41. The third-order valence-corrected chi connectivity index (χ3v) is 4.30. The number of Topliss-reactive ketones (excluding diaryl/α,β-unsaturated/α-hetero) is 1. The van der Waals surface area contributed by atoms with Gasteiger partial charge in [-0.25, -0.2) is 0 Å². The highest BCUT2D eigenvalue weighted by molar-refractivity contribution is 5.96. The number of carbonyl (C=O) groups excluding carboxylic acids is 1. The zero-order chi connectivity index (χ0) is 16.0. The predicted molar refractivity (Wildman–Crippen MR) is 90.6 cm³/mol. The second kappa shape index (κ2) is 7.89. The molecule has 1 saturated heterocycles. The van der Waals surface area contributed by atoms with Gasteiger partial charge in [0, 0.05) is 25.1 Å². The molecule has 0 unspecified atom stereocenters. The first kappa shape index (κ1) is 17.2. The van der Waals surface area contributed by atoms with Crippen molar-refractivity contribution < 1.29 is 9.53 Å². The van der Waals surface area contributed by atoms with Gasteiger partial charge in [0.25, 0.3) is 0 Å². The molecule has 1 heterocycles. The average molecular weight is 303 g/mol. The van der Waals surface area contributed by atoms with E-state index in [0.717, 1.165) is 51.3 Å². The molecule has 122 valence electrons. The summed E-state index contributed by atoms with van der Waals surface area (Å²) < 4.78 is 5.34. The van der Waals surface area contributed by atoms with Gasteiger partial charge in [0.15, 0.2) is 5.78 Å². The molecule has 3 nitrogen and oxygen atoms in total. The molecule has 1 fully saturated rings. The number of hydrogen-bond donors (Lipinski definition) is 0. The minimum atomic E-state index is 0.139. The average Bonchev–Trinajstić information content (AvgIpc) is 2.52. The van der Waals surface area contributed by atoms with Crippen molar-refractivity contribution in [1.82, 2.24) is 4.90 Å². The monoisotopic (exact) mass is 303 g/mol. The van der Waals surface area contributed by atoms with Crippen molar-refractivity contribution in [2.45, 2.75) is 45.4 Å². The van der Waals surface area contributed by atoms with Crippen LogP contribution in [-0.2, 0) is 10.2 Å². The Kier molecular flexibility index (Phi) is 6.16. The van der Waals surface area contributed by atoms with Crippen LogP contribution >= 0.6 is 0 Å². The lowest BCUT2D eigenvalue weighted by Crippen LogP contribution is -2.36. The number of morpholine rings is 1. The van der Waals surface area contributed by atoms with Gasteiger partial charge in [-0.2, -0.15) is 0 Å². The van der Waals surface area contributed by atoms with Crippen LogP contribution in [0.1, 0.15) is 56.0 Å². The number of carbonyl (C=O) groups is 1. The Labute approximate surface area is 134 Å². The molecule has 0 bridgehead atoms. The molecule has 0 radical (unpaired) electrons. The molecular formula is C19H29NO2. The summed E-state index contributed by atoms with van der Waals surface area (Å²) in [5.74, 6) is 0.266. The molecule has 0 N–H and O–H groups in total. The molecule has 1 aromatic carbocycles. The molecule has 0 atom stereocenters. The van der Waals surface area contributed by atoms with Crippen molar-refractivity contribution in [1.29, 1.82) is 0 Å². The Morgan fingerprint density at radius 1 is 1.09 bits per heavy atom. The summed E-state index contributed by atoms with van der Waals surface area (Å²) in [6.45, 7) is 11.4. The summed E-state index contributed by atoms with van der Waals surface area (Å²) in [5.41, 5.74) is 2.26. The van der Waals surface area contributed by atoms with E-state index < -0.39 is 0 Å². The summed E-state index contributed by atoms with van der Waals surface area (Å²) >= 11 is 0. The molecule has 0 spiro atoms. The first-order valence-electron chi connectivity index (χ1n) is 8.41. The van der Waals surface area contributed by atoms with Crippen LogP contribution in [-0.4, -0.2) is 43.5 Å². The Balaban J connectivity index is 1.72. The third kappa shape index (κ3) is 5.22. The van der Waals surface area contributed by atoms with E-state index in [9.17, 15) is 4.79 Å². The molecule has 1 aliphatic heterocycles. The fraction of sp³-hybridized carbons (Fsp3) is 0.632. The van der Waals surface area contributed by atoms with Crippen LogP contribution in [0.3, 0.4) is 0 Å². The maximum Gasteiger partial charge on any atom is 0.162 e. The number of rotatable bonds is 6. The molecular weight excluding hydrogens is 274 g/mol. The van der Waals surface area contributed by atoms with E-state index >= 15 is 0 Å². The predicted octanol–water partition coefficient (Wildman–Crippen LogP) is 3.67. The molecule has 2 rings (SSSR count). The van der Waals surface area contributed by atoms with Crippen molar-refractivity contribution in [2.75, 3.05) is 32.8 Å². The van der Waals surface area contributed by atoms with Gasteiger partial charge in [0.2, 0.25) is 0 Å². The molecule has 0 amide bonds. The van der Waals surface area contributed by atoms with E-state index in [1.54, 1.807) is 0 Å². The molecule has 0 aromatic heterocycles. The van der Waals surface area contributed by atoms with E-state index in [2.05, 4.69) is 37.8 Å². The van der Waals surface area contributed by atoms with Crippen LogP contribution in [0.25, 0.3) is 0 Å². The molecule has 22 heavy (non-hydrogen) atoms. The number of hydrogen-bond acceptors (Lipinski definition) is 3. The second-order valence-corrected chi connectivity index (χ2v) is 7.16. The lowest BCUT2D eigenvalue weighted by atomic mass is 9.86. The van der Waals surface area contributed by atoms with E-state index in [1.807, 2.05) is 12.1 Å². The van der Waals surface area contributed by atoms with Crippen molar-refractivity contribution in [2.24, 2.45) is 0 Å². The van der Waals surface area contributed by atoms with E-state index in [4.69, 9.17) is 4.74 Å². The topological polar surface area (TPSA) is 29.5 Å². The van der Waals surface area contributed by atoms with Crippen LogP contribution in [0.15, 0.2) is 24.3 Å². The summed E-state index contributed by atoms with van der Waals surface area (Å²) in [6.07, 6.45) is 2.71. The lowest BCUT2D eigenvalue weighted by molar-refractivity contribution is 0.0371. The number of ether oxygens (including phenoxy) is 1. The maximum atomic E-state index is 12.2. The minimum absolute atomic E-state index is 0.139. The molecule has 0 saturated carbocycles. The number of unbranched alkanes of at least 4 members (excludes halogenated alkanes) is 1. The molecule has 3 heteroatoms. The van der Waals surface area contributed by atoms with Crippen molar-refractivity contribution >= 4 is 5.78 Å². The van der Waals surface area contributed by atoms with Crippen molar-refractivity contribution in [3.8, 4) is 0 Å². The van der Waals surface area contributed by atoms with Gasteiger partial charge in [-0.15, -0.1) is 0 Å². The highest BCUT2D eigenvalue weighted by Crippen LogP contribution is 2.22. The van der Waals surface area contributed by atoms with Crippen LogP contribution in [0, 0.1) is 0 Å². The normalized spacial score (nSPS) is 16.7. The minimum Gasteiger partial charge on any atom is -0.379 e. The SMILES string of the molecule is CC(C)(C)c1ccc(C(=O)CCCCN2CCOCC2)cc1. The fourth-order valence-electron chi connectivity index (χ4n) is 2.75. The molecule has 1 aromatic rings. The van der Waals surface area contributed by atoms with Gasteiger partial charge in [-0.1, -0.05) is 45.0 Å².